The van der Waals surface area contributed by atoms with Crippen LogP contribution in [-0.4, -0.2) is 44.7 Å². The van der Waals surface area contributed by atoms with Gasteiger partial charge < -0.3 is 9.22 Å². The van der Waals surface area contributed by atoms with Crippen molar-refractivity contribution in [2.45, 2.75) is 5.92 Å². The van der Waals surface area contributed by atoms with Crippen LogP contribution in [0.4, 0.5) is 0 Å². The molecule has 0 unspecified atom stereocenters. The summed E-state index contributed by atoms with van der Waals surface area (Å²) in [5.74, 6) is 5.27. The van der Waals surface area contributed by atoms with Crippen LogP contribution in [0.15, 0.2) is 60.7 Å². The number of esters is 1. The van der Waals surface area contributed by atoms with Gasteiger partial charge in [0.05, 0.1) is 21.1 Å². The van der Waals surface area contributed by atoms with Gasteiger partial charge in [0.25, 0.3) is 0 Å². The second-order valence-electron chi connectivity index (χ2n) is 6.66. The highest BCUT2D eigenvalue weighted by atomic mass is 16.5. The number of benzene rings is 2. The van der Waals surface area contributed by atoms with E-state index in [0.717, 1.165) is 22.2 Å². The van der Waals surface area contributed by atoms with Crippen LogP contribution in [0, 0.1) is 11.8 Å². The molecule has 0 spiro atoms. The maximum atomic E-state index is 12.6. The number of hydrogen-bond acceptors (Lipinski definition) is 2. The van der Waals surface area contributed by atoms with E-state index in [1.165, 1.54) is 0 Å². The summed E-state index contributed by atoms with van der Waals surface area (Å²) in [7, 11) is 6.21. The molecule has 0 amide bonds. The topological polar surface area (TPSA) is 26.3 Å². The van der Waals surface area contributed by atoms with Gasteiger partial charge in [-0.05, 0) is 17.0 Å². The van der Waals surface area contributed by atoms with Crippen molar-refractivity contribution in [1.29, 1.82) is 0 Å². The molecule has 0 atom stereocenters. The van der Waals surface area contributed by atoms with Crippen molar-refractivity contribution in [3.05, 3.63) is 71.8 Å². The first-order chi connectivity index (χ1) is 11.5. The van der Waals surface area contributed by atoms with Gasteiger partial charge in [0.2, 0.25) is 0 Å². The summed E-state index contributed by atoms with van der Waals surface area (Å²) in [6, 6.07) is 19.4. The first-order valence-electron chi connectivity index (χ1n) is 8.00. The van der Waals surface area contributed by atoms with Crippen molar-refractivity contribution >= 4 is 5.97 Å². The molecule has 24 heavy (non-hydrogen) atoms. The van der Waals surface area contributed by atoms with Gasteiger partial charge in [-0.15, -0.1) is 0 Å². The summed E-state index contributed by atoms with van der Waals surface area (Å²) in [6.07, 6.45) is 0. The van der Waals surface area contributed by atoms with Crippen molar-refractivity contribution < 1.29 is 14.0 Å². The Labute approximate surface area is 144 Å². The summed E-state index contributed by atoms with van der Waals surface area (Å²) in [5.41, 5.74) is 1.85. The third-order valence-corrected chi connectivity index (χ3v) is 3.47. The molecule has 0 N–H and O–H groups in total. The summed E-state index contributed by atoms with van der Waals surface area (Å²) in [5, 5.41) is 0. The Hall–Kier alpha value is -2.57. The van der Waals surface area contributed by atoms with Crippen LogP contribution in [0.2, 0.25) is 0 Å². The molecule has 2 rings (SSSR count). The minimum absolute atomic E-state index is 0.120. The standard InChI is InChI=1S/C21H24NO2/c1-22(2,3)16-10-11-17-24-21(23)20(18-12-6-4-7-13-18)19-14-8-5-9-15-19/h4-9,12-15,20H,16-17H2,1-3H3/q+1. The minimum atomic E-state index is -0.424. The van der Waals surface area contributed by atoms with E-state index < -0.39 is 5.92 Å². The van der Waals surface area contributed by atoms with E-state index in [-0.39, 0.29) is 12.6 Å². The number of hydrogen-bond donors (Lipinski definition) is 0. The van der Waals surface area contributed by atoms with Crippen LogP contribution in [-0.2, 0) is 9.53 Å². The molecule has 2 aromatic rings. The molecule has 0 aliphatic rings. The molecular weight excluding hydrogens is 298 g/mol. The fourth-order valence-electron chi connectivity index (χ4n) is 2.29. The van der Waals surface area contributed by atoms with Crippen molar-refractivity contribution in [3.8, 4) is 11.8 Å². The second kappa shape index (κ2) is 8.33. The monoisotopic (exact) mass is 322 g/mol. The van der Waals surface area contributed by atoms with E-state index in [9.17, 15) is 4.79 Å². The van der Waals surface area contributed by atoms with Crippen molar-refractivity contribution in [2.75, 3.05) is 34.3 Å². The Morgan fingerprint density at radius 1 is 0.917 bits per heavy atom. The molecule has 0 saturated heterocycles. The van der Waals surface area contributed by atoms with Gasteiger partial charge in [-0.2, -0.15) is 0 Å². The number of carbonyl (C=O) groups excluding carboxylic acids is 1. The van der Waals surface area contributed by atoms with Gasteiger partial charge in [-0.1, -0.05) is 66.6 Å². The zero-order valence-electron chi connectivity index (χ0n) is 14.5. The van der Waals surface area contributed by atoms with Crippen LogP contribution in [0.1, 0.15) is 17.0 Å². The third kappa shape index (κ3) is 5.57. The molecule has 0 heterocycles. The maximum absolute atomic E-state index is 12.6. The van der Waals surface area contributed by atoms with Crippen molar-refractivity contribution in [2.24, 2.45) is 0 Å². The highest BCUT2D eigenvalue weighted by Crippen LogP contribution is 2.25. The fraction of sp³-hybridized carbons (Fsp3) is 0.286. The third-order valence-electron chi connectivity index (χ3n) is 3.47. The van der Waals surface area contributed by atoms with Gasteiger partial charge in [0, 0.05) is 0 Å². The van der Waals surface area contributed by atoms with Gasteiger partial charge in [-0.3, -0.25) is 4.79 Å². The molecule has 0 aromatic heterocycles. The normalized spacial score (nSPS) is 10.8. The lowest BCUT2D eigenvalue weighted by Crippen LogP contribution is -2.34. The van der Waals surface area contributed by atoms with Crippen LogP contribution < -0.4 is 0 Å². The highest BCUT2D eigenvalue weighted by Gasteiger charge is 2.23. The van der Waals surface area contributed by atoms with E-state index >= 15 is 0 Å². The van der Waals surface area contributed by atoms with Gasteiger partial charge in [-0.25, -0.2) is 0 Å². The quantitative estimate of drug-likeness (QED) is 0.480. The average molecular weight is 322 g/mol. The summed E-state index contributed by atoms with van der Waals surface area (Å²) in [4.78, 5) is 12.6. The smallest absolute Gasteiger partial charge is 0.318 e. The molecular formula is C21H24NO2+. The van der Waals surface area contributed by atoms with E-state index in [4.69, 9.17) is 4.74 Å². The molecule has 0 aliphatic carbocycles. The number of quaternary nitrogens is 1. The summed E-state index contributed by atoms with van der Waals surface area (Å²) < 4.78 is 6.17. The Kier molecular flexibility index (Phi) is 6.17. The van der Waals surface area contributed by atoms with E-state index in [0.29, 0.717) is 0 Å². The zero-order chi connectivity index (χ0) is 17.4. The van der Waals surface area contributed by atoms with E-state index in [2.05, 4.69) is 33.0 Å². The van der Waals surface area contributed by atoms with Crippen molar-refractivity contribution in [3.63, 3.8) is 0 Å². The van der Waals surface area contributed by atoms with E-state index in [1.54, 1.807) is 0 Å². The summed E-state index contributed by atoms with van der Waals surface area (Å²) >= 11 is 0. The number of nitrogens with zero attached hydrogens (tertiary/aromatic N) is 1. The lowest BCUT2D eigenvalue weighted by molar-refractivity contribution is -0.862. The lowest BCUT2D eigenvalue weighted by atomic mass is 9.91. The first-order valence-corrected chi connectivity index (χ1v) is 8.00. The SMILES string of the molecule is C[N+](C)(C)CC#CCOC(=O)C(c1ccccc1)c1ccccc1. The largest absolute Gasteiger partial charge is 0.452 e. The molecule has 0 aliphatic heterocycles. The molecule has 2 aromatic carbocycles. The zero-order valence-corrected chi connectivity index (χ0v) is 14.5. The van der Waals surface area contributed by atoms with Gasteiger partial charge in [0.1, 0.15) is 12.5 Å². The van der Waals surface area contributed by atoms with Crippen molar-refractivity contribution in [1.82, 2.24) is 0 Å². The lowest BCUT2D eigenvalue weighted by Gasteiger charge is -2.20. The maximum Gasteiger partial charge on any atom is 0.318 e. The molecule has 0 bridgehead atoms. The van der Waals surface area contributed by atoms with Crippen LogP contribution in [0.5, 0.6) is 0 Å². The predicted molar refractivity (Wildman–Crippen MR) is 96.4 cm³/mol. The predicted octanol–water partition coefficient (Wildman–Crippen LogP) is 3.07. The fourth-order valence-corrected chi connectivity index (χ4v) is 2.29. The Morgan fingerprint density at radius 2 is 1.42 bits per heavy atom. The van der Waals surface area contributed by atoms with Crippen LogP contribution in [0.3, 0.4) is 0 Å². The molecule has 0 radical (unpaired) electrons. The van der Waals surface area contributed by atoms with Crippen LogP contribution >= 0.6 is 0 Å². The first kappa shape index (κ1) is 17.8. The van der Waals surface area contributed by atoms with Gasteiger partial charge in [0.15, 0.2) is 6.61 Å². The number of rotatable bonds is 5. The summed E-state index contributed by atoms with van der Waals surface area (Å²) in [6.45, 7) is 0.841. The second-order valence-corrected chi connectivity index (χ2v) is 6.66. The molecule has 0 fully saturated rings. The van der Waals surface area contributed by atoms with Gasteiger partial charge >= 0.3 is 5.97 Å². The number of ether oxygens (including phenoxy) is 1. The molecule has 124 valence electrons. The Morgan fingerprint density at radius 3 is 1.88 bits per heavy atom. The average Bonchev–Trinajstić information content (AvgIpc) is 2.56. The molecule has 3 nitrogen and oxygen atoms in total. The Balaban J connectivity index is 2.09. The van der Waals surface area contributed by atoms with Crippen LogP contribution in [0.25, 0.3) is 0 Å². The van der Waals surface area contributed by atoms with E-state index in [1.807, 2.05) is 60.7 Å². The molecule has 3 heteroatoms. The minimum Gasteiger partial charge on any atom is -0.452 e. The highest BCUT2D eigenvalue weighted by molar-refractivity contribution is 5.82. The molecule has 0 saturated carbocycles. The number of carbonyl (C=O) groups is 1. The Bertz CT molecular complexity index is 667.